The van der Waals surface area contributed by atoms with E-state index >= 15 is 0 Å². The maximum atomic E-state index is 11.9. The van der Waals surface area contributed by atoms with Crippen LogP contribution in [0.4, 0.5) is 4.79 Å². The maximum Gasteiger partial charge on any atom is 0.410 e. The zero-order valence-corrected chi connectivity index (χ0v) is 12.2. The van der Waals surface area contributed by atoms with Gasteiger partial charge in [-0.15, -0.1) is 0 Å². The monoisotopic (exact) mass is 276 g/mol. The molecule has 20 heavy (non-hydrogen) atoms. The van der Waals surface area contributed by atoms with Crippen molar-refractivity contribution in [1.29, 1.82) is 5.26 Å². The molecule has 2 rings (SSSR count). The van der Waals surface area contributed by atoms with E-state index in [0.717, 1.165) is 12.8 Å². The number of hydrogen-bond acceptors (Lipinski definition) is 4. The molecular formula is C14H20N4O2. The number of piperidine rings is 1. The molecule has 0 aromatic carbocycles. The summed E-state index contributed by atoms with van der Waals surface area (Å²) in [6.45, 7) is 6.91. The molecule has 0 N–H and O–H groups in total. The van der Waals surface area contributed by atoms with Crippen molar-refractivity contribution in [1.82, 2.24) is 14.7 Å². The van der Waals surface area contributed by atoms with Crippen LogP contribution in [0.1, 0.15) is 45.3 Å². The van der Waals surface area contributed by atoms with Crippen LogP contribution in [0.3, 0.4) is 0 Å². The third kappa shape index (κ3) is 3.50. The molecule has 2 heterocycles. The predicted octanol–water partition coefficient (Wildman–Crippen LogP) is 2.33. The van der Waals surface area contributed by atoms with E-state index in [1.165, 1.54) is 0 Å². The van der Waals surface area contributed by atoms with Crippen LogP contribution < -0.4 is 0 Å². The summed E-state index contributed by atoms with van der Waals surface area (Å²) in [5, 5.41) is 13.0. The largest absolute Gasteiger partial charge is 0.444 e. The quantitative estimate of drug-likeness (QED) is 0.789. The smallest absolute Gasteiger partial charge is 0.410 e. The third-order valence-electron chi connectivity index (χ3n) is 3.21. The molecular weight excluding hydrogens is 256 g/mol. The van der Waals surface area contributed by atoms with E-state index < -0.39 is 5.60 Å². The third-order valence-corrected chi connectivity index (χ3v) is 3.21. The molecule has 0 radical (unpaired) electrons. The Bertz CT molecular complexity index is 516. The standard InChI is InChI=1S/C14H20N4O2/c1-14(2,3)20-13(19)17-7-5-12(6-8-17)18-9-4-11(10-15)16-18/h4,9,12H,5-8H2,1-3H3. The number of nitriles is 1. The molecule has 108 valence electrons. The van der Waals surface area contributed by atoms with Gasteiger partial charge in [0, 0.05) is 19.3 Å². The van der Waals surface area contributed by atoms with Gasteiger partial charge in [0.25, 0.3) is 0 Å². The van der Waals surface area contributed by atoms with Crippen LogP contribution in [-0.2, 0) is 4.74 Å². The van der Waals surface area contributed by atoms with Crippen LogP contribution in [-0.4, -0.2) is 39.5 Å². The summed E-state index contributed by atoms with van der Waals surface area (Å²) < 4.78 is 7.19. The Morgan fingerprint density at radius 1 is 1.45 bits per heavy atom. The lowest BCUT2D eigenvalue weighted by Crippen LogP contribution is -2.42. The van der Waals surface area contributed by atoms with E-state index in [2.05, 4.69) is 5.10 Å². The average molecular weight is 276 g/mol. The Labute approximate surface area is 118 Å². The molecule has 0 aliphatic carbocycles. The minimum Gasteiger partial charge on any atom is -0.444 e. The number of aromatic nitrogens is 2. The van der Waals surface area contributed by atoms with Crippen molar-refractivity contribution >= 4 is 6.09 Å². The number of carbonyl (C=O) groups is 1. The summed E-state index contributed by atoms with van der Waals surface area (Å²) >= 11 is 0. The van der Waals surface area contributed by atoms with Crippen molar-refractivity contribution < 1.29 is 9.53 Å². The van der Waals surface area contributed by atoms with Crippen LogP contribution >= 0.6 is 0 Å². The van der Waals surface area contributed by atoms with Gasteiger partial charge < -0.3 is 9.64 Å². The number of ether oxygens (including phenoxy) is 1. The topological polar surface area (TPSA) is 71.2 Å². The number of nitrogens with zero attached hydrogens (tertiary/aromatic N) is 4. The SMILES string of the molecule is CC(C)(C)OC(=O)N1CCC(n2ccc(C#N)n2)CC1. The fraction of sp³-hybridized carbons (Fsp3) is 0.643. The number of carbonyl (C=O) groups excluding carboxylic acids is 1. The van der Waals surface area contributed by atoms with E-state index in [4.69, 9.17) is 10.00 Å². The first-order valence-electron chi connectivity index (χ1n) is 6.82. The fourth-order valence-corrected chi connectivity index (χ4v) is 2.24. The van der Waals surface area contributed by atoms with Crippen molar-refractivity contribution in [3.8, 4) is 6.07 Å². The van der Waals surface area contributed by atoms with E-state index in [1.54, 1.807) is 11.0 Å². The lowest BCUT2D eigenvalue weighted by Gasteiger charge is -2.33. The number of likely N-dealkylation sites (tertiary alicyclic amines) is 1. The molecule has 1 aromatic heterocycles. The number of hydrogen-bond donors (Lipinski definition) is 0. The first kappa shape index (κ1) is 14.4. The Hall–Kier alpha value is -2.03. The normalized spacial score (nSPS) is 16.8. The Kier molecular flexibility index (Phi) is 3.98. The second-order valence-electron chi connectivity index (χ2n) is 5.99. The molecule has 1 aromatic rings. The maximum absolute atomic E-state index is 11.9. The molecule has 1 aliphatic rings. The van der Waals surface area contributed by atoms with Crippen LogP contribution in [0.25, 0.3) is 0 Å². The van der Waals surface area contributed by atoms with Gasteiger partial charge in [-0.05, 0) is 39.7 Å². The molecule has 6 nitrogen and oxygen atoms in total. The molecule has 0 bridgehead atoms. The number of amides is 1. The van der Waals surface area contributed by atoms with Crippen molar-refractivity contribution in [3.05, 3.63) is 18.0 Å². The fourth-order valence-electron chi connectivity index (χ4n) is 2.24. The molecule has 0 spiro atoms. The van der Waals surface area contributed by atoms with Gasteiger partial charge in [0.2, 0.25) is 0 Å². The summed E-state index contributed by atoms with van der Waals surface area (Å²) in [4.78, 5) is 13.7. The van der Waals surface area contributed by atoms with Gasteiger partial charge in [0.05, 0.1) is 6.04 Å². The molecule has 1 saturated heterocycles. The van der Waals surface area contributed by atoms with Gasteiger partial charge >= 0.3 is 6.09 Å². The number of rotatable bonds is 1. The van der Waals surface area contributed by atoms with Crippen molar-refractivity contribution in [2.75, 3.05) is 13.1 Å². The van der Waals surface area contributed by atoms with Gasteiger partial charge in [-0.3, -0.25) is 4.68 Å². The molecule has 1 aliphatic heterocycles. The predicted molar refractivity (Wildman–Crippen MR) is 73.0 cm³/mol. The van der Waals surface area contributed by atoms with Crippen molar-refractivity contribution in [2.24, 2.45) is 0 Å². The summed E-state index contributed by atoms with van der Waals surface area (Å²) in [6, 6.07) is 3.98. The molecule has 6 heteroatoms. The van der Waals surface area contributed by atoms with Crippen LogP contribution in [0.15, 0.2) is 12.3 Å². The molecule has 1 fully saturated rings. The Balaban J connectivity index is 1.89. The highest BCUT2D eigenvalue weighted by atomic mass is 16.6. The zero-order valence-electron chi connectivity index (χ0n) is 12.2. The van der Waals surface area contributed by atoms with Gasteiger partial charge in [0.15, 0.2) is 5.69 Å². The molecule has 1 amide bonds. The second kappa shape index (κ2) is 5.53. The van der Waals surface area contributed by atoms with Crippen molar-refractivity contribution in [3.63, 3.8) is 0 Å². The van der Waals surface area contributed by atoms with Gasteiger partial charge in [-0.2, -0.15) is 10.4 Å². The van der Waals surface area contributed by atoms with Gasteiger partial charge in [-0.25, -0.2) is 4.79 Å². The lowest BCUT2D eigenvalue weighted by molar-refractivity contribution is 0.0185. The summed E-state index contributed by atoms with van der Waals surface area (Å²) in [7, 11) is 0. The zero-order chi connectivity index (χ0) is 14.8. The molecule has 0 unspecified atom stereocenters. The lowest BCUT2D eigenvalue weighted by atomic mass is 10.1. The van der Waals surface area contributed by atoms with Crippen LogP contribution in [0.5, 0.6) is 0 Å². The summed E-state index contributed by atoms with van der Waals surface area (Å²) in [6.07, 6.45) is 3.22. The van der Waals surface area contributed by atoms with Gasteiger partial charge in [-0.1, -0.05) is 0 Å². The summed E-state index contributed by atoms with van der Waals surface area (Å²) in [5.41, 5.74) is -0.0305. The average Bonchev–Trinajstić information content (AvgIpc) is 2.85. The summed E-state index contributed by atoms with van der Waals surface area (Å²) in [5.74, 6) is 0. The minimum atomic E-state index is -0.461. The van der Waals surface area contributed by atoms with E-state index in [0.29, 0.717) is 18.8 Å². The highest BCUT2D eigenvalue weighted by Crippen LogP contribution is 2.23. The second-order valence-corrected chi connectivity index (χ2v) is 5.99. The van der Waals surface area contributed by atoms with Gasteiger partial charge in [0.1, 0.15) is 11.7 Å². The van der Waals surface area contributed by atoms with Crippen molar-refractivity contribution in [2.45, 2.75) is 45.3 Å². The Morgan fingerprint density at radius 3 is 2.60 bits per heavy atom. The molecule has 0 atom stereocenters. The van der Waals surface area contributed by atoms with Crippen LogP contribution in [0, 0.1) is 11.3 Å². The molecule has 0 saturated carbocycles. The minimum absolute atomic E-state index is 0.246. The Morgan fingerprint density at radius 2 is 2.10 bits per heavy atom. The first-order valence-corrected chi connectivity index (χ1v) is 6.82. The van der Waals surface area contributed by atoms with E-state index in [1.807, 2.05) is 37.7 Å². The highest BCUT2D eigenvalue weighted by Gasteiger charge is 2.27. The van der Waals surface area contributed by atoms with E-state index in [9.17, 15) is 4.79 Å². The first-order chi connectivity index (χ1) is 9.39. The van der Waals surface area contributed by atoms with E-state index in [-0.39, 0.29) is 12.1 Å². The van der Waals surface area contributed by atoms with Crippen LogP contribution in [0.2, 0.25) is 0 Å². The highest BCUT2D eigenvalue weighted by molar-refractivity contribution is 5.68.